The molecule has 0 fully saturated rings. The molecular formula is C102H200N2O42. The highest BCUT2D eigenvalue weighted by atomic mass is 16.6. The average Bonchev–Trinajstić information content (AvgIpc) is 0.886. The van der Waals surface area contributed by atoms with E-state index in [1.807, 2.05) is 0 Å². The van der Waals surface area contributed by atoms with Crippen molar-refractivity contribution in [3.8, 4) is 0 Å². The Balaban J connectivity index is 3.22. The lowest BCUT2D eigenvalue weighted by atomic mass is 9.94. The van der Waals surface area contributed by atoms with Crippen LogP contribution in [0.15, 0.2) is 0 Å². The summed E-state index contributed by atoms with van der Waals surface area (Å²) in [5.74, 6) is -1.28. The van der Waals surface area contributed by atoms with Crippen LogP contribution < -0.4 is 10.6 Å². The van der Waals surface area contributed by atoms with E-state index >= 15 is 0 Å². The summed E-state index contributed by atoms with van der Waals surface area (Å²) >= 11 is 0. The number of ether oxygens (including phenoxy) is 38. The van der Waals surface area contributed by atoms with Gasteiger partial charge in [0.1, 0.15) is 11.4 Å². The van der Waals surface area contributed by atoms with E-state index in [0.717, 1.165) is 19.3 Å². The third-order valence-electron chi connectivity index (χ3n) is 19.7. The predicted molar refractivity (Wildman–Crippen MR) is 541 cm³/mol. The minimum atomic E-state index is -0.679. The van der Waals surface area contributed by atoms with Gasteiger partial charge in [0.25, 0.3) is 0 Å². The first-order chi connectivity index (χ1) is 72.1. The molecule has 0 saturated carbocycles. The first kappa shape index (κ1) is 143. The van der Waals surface area contributed by atoms with Gasteiger partial charge in [-0.3, -0.25) is 19.2 Å². The Kier molecular flexibility index (Phi) is 124. The van der Waals surface area contributed by atoms with Crippen LogP contribution in [0.25, 0.3) is 0 Å². The minimum absolute atomic E-state index is 0.0495. The Bertz CT molecular complexity index is 2480. The van der Waals surface area contributed by atoms with Gasteiger partial charge >= 0.3 is 5.97 Å². The minimum Gasteiger partial charge on any atom is -0.460 e. The molecule has 0 spiro atoms. The molecule has 0 aliphatic carbocycles. The number of Topliss-reactive ketones (excluding diaryl/α,β-unsaturated/α-hetero) is 1. The fourth-order valence-corrected chi connectivity index (χ4v) is 12.1. The molecule has 0 saturated heterocycles. The molecule has 2 N–H and O–H groups in total. The number of nitrogens with one attached hydrogen (secondary N) is 2. The largest absolute Gasteiger partial charge is 0.460 e. The van der Waals surface area contributed by atoms with Crippen molar-refractivity contribution in [3.63, 3.8) is 0 Å². The average molecular weight is 2130 g/mol. The first-order valence-electron chi connectivity index (χ1n) is 53.6. The van der Waals surface area contributed by atoms with Crippen LogP contribution in [-0.2, 0) is 199 Å². The monoisotopic (exact) mass is 2130 g/mol. The molecule has 0 heterocycles. The zero-order valence-corrected chi connectivity index (χ0v) is 90.6. The lowest BCUT2D eigenvalue weighted by molar-refractivity contribution is -0.161. The van der Waals surface area contributed by atoms with E-state index in [9.17, 15) is 19.2 Å². The van der Waals surface area contributed by atoms with Gasteiger partial charge in [0, 0.05) is 45.9 Å². The number of hydrogen-bond acceptors (Lipinski definition) is 42. The molecule has 870 valence electrons. The molecule has 2 amide bonds. The number of carbonyl (C=O) groups excluding carboxylic acids is 4. The second-order valence-electron chi connectivity index (χ2n) is 33.3. The molecule has 0 aromatic heterocycles. The SMILES string of the molecule is CCCCCCCCCCCCCC(=O)C[C@@H](CCC(=O)NCCOCCOCCOCCOCCOCCOCCOCCOCCOCCOCCOCCOCCOCCOCCOCCOCCOCCOCCOCCOCCOCCOCCOCCOCCOCCOCCOCCOCCOCCOCCOCCOCCOCCOCCOCCOCCC(=O)NCCOC)C(=O)OC(C)(C)C. The van der Waals surface area contributed by atoms with Gasteiger partial charge in [0.05, 0.1) is 488 Å². The van der Waals surface area contributed by atoms with E-state index in [1.165, 1.54) is 51.4 Å². The van der Waals surface area contributed by atoms with Crippen LogP contribution in [0.3, 0.4) is 0 Å². The lowest BCUT2D eigenvalue weighted by Gasteiger charge is -2.23. The molecule has 0 radical (unpaired) electrons. The molecule has 0 aromatic rings. The van der Waals surface area contributed by atoms with Crippen LogP contribution in [0.2, 0.25) is 0 Å². The normalized spacial score (nSPS) is 12.0. The van der Waals surface area contributed by atoms with Gasteiger partial charge in [-0.1, -0.05) is 71.1 Å². The molecule has 0 aliphatic rings. The van der Waals surface area contributed by atoms with E-state index in [2.05, 4.69) is 17.6 Å². The summed E-state index contributed by atoms with van der Waals surface area (Å²) < 4.78 is 210. The first-order valence-corrected chi connectivity index (χ1v) is 53.6. The maximum Gasteiger partial charge on any atom is 0.309 e. The second-order valence-corrected chi connectivity index (χ2v) is 33.3. The zero-order valence-electron chi connectivity index (χ0n) is 90.6. The highest BCUT2D eigenvalue weighted by Crippen LogP contribution is 2.21. The van der Waals surface area contributed by atoms with Gasteiger partial charge in [0.2, 0.25) is 11.8 Å². The fraction of sp³-hybridized carbons (Fsp3) is 0.961. The maximum absolute atomic E-state index is 13.0. The van der Waals surface area contributed by atoms with Gasteiger partial charge in [0.15, 0.2) is 0 Å². The van der Waals surface area contributed by atoms with Crippen molar-refractivity contribution in [2.45, 2.75) is 136 Å². The van der Waals surface area contributed by atoms with E-state index in [4.69, 9.17) is 180 Å². The quantitative estimate of drug-likeness (QED) is 0.0501. The maximum atomic E-state index is 13.0. The third-order valence-corrected chi connectivity index (χ3v) is 19.7. The van der Waals surface area contributed by atoms with Crippen molar-refractivity contribution in [1.29, 1.82) is 0 Å². The summed E-state index contributed by atoms with van der Waals surface area (Å²) in [6.45, 7) is 42.1. The van der Waals surface area contributed by atoms with Crippen LogP contribution in [0.4, 0.5) is 0 Å². The Labute approximate surface area is 874 Å². The van der Waals surface area contributed by atoms with E-state index in [-0.39, 0.29) is 36.9 Å². The van der Waals surface area contributed by atoms with Crippen LogP contribution in [0, 0.1) is 5.92 Å². The Morgan fingerprint density at radius 1 is 0.192 bits per heavy atom. The summed E-state index contributed by atoms with van der Waals surface area (Å²) in [4.78, 5) is 50.0. The summed E-state index contributed by atoms with van der Waals surface area (Å²) in [6.07, 6.45) is 14.5. The number of esters is 1. The number of carbonyl (C=O) groups is 4. The molecule has 44 heteroatoms. The highest BCUT2D eigenvalue weighted by molar-refractivity contribution is 5.85. The molecule has 146 heavy (non-hydrogen) atoms. The Hall–Kier alpha value is -3.40. The second kappa shape index (κ2) is 127. The predicted octanol–water partition coefficient (Wildman–Crippen LogP) is 6.25. The van der Waals surface area contributed by atoms with Crippen LogP contribution in [0.5, 0.6) is 0 Å². The van der Waals surface area contributed by atoms with E-state index in [1.54, 1.807) is 27.9 Å². The number of rotatable bonds is 132. The van der Waals surface area contributed by atoms with Crippen molar-refractivity contribution >= 4 is 23.6 Å². The van der Waals surface area contributed by atoms with Gasteiger partial charge in [-0.2, -0.15) is 0 Å². The molecule has 0 aliphatic heterocycles. The van der Waals surface area contributed by atoms with Crippen molar-refractivity contribution in [2.75, 3.05) is 503 Å². The molecule has 0 aromatic carbocycles. The number of methoxy groups -OCH3 is 1. The van der Waals surface area contributed by atoms with Crippen LogP contribution in [-0.4, -0.2) is 532 Å². The van der Waals surface area contributed by atoms with Crippen molar-refractivity contribution in [3.05, 3.63) is 0 Å². The lowest BCUT2D eigenvalue weighted by Crippen LogP contribution is -2.32. The summed E-state index contributed by atoms with van der Waals surface area (Å²) in [5, 5.41) is 5.57. The number of amides is 2. The van der Waals surface area contributed by atoms with E-state index < -0.39 is 17.5 Å². The van der Waals surface area contributed by atoms with Crippen molar-refractivity contribution in [2.24, 2.45) is 5.92 Å². The van der Waals surface area contributed by atoms with Gasteiger partial charge in [-0.15, -0.1) is 0 Å². The molecule has 44 nitrogen and oxygen atoms in total. The smallest absolute Gasteiger partial charge is 0.309 e. The summed E-state index contributed by atoms with van der Waals surface area (Å²) in [7, 11) is 1.59. The Morgan fingerprint density at radius 3 is 0.527 bits per heavy atom. The standard InChI is InChI=1S/C102H200N2O42/c1-6-7-8-9-10-11-12-13-14-15-16-17-98(105)96-97(101(108)146-102(2,3)4)18-19-99(106)104-22-25-111-27-29-113-31-33-115-35-37-117-39-41-119-43-45-121-47-49-123-51-53-125-55-57-127-59-61-129-63-65-131-67-69-133-71-73-135-75-77-137-79-81-139-83-85-141-87-89-143-91-93-145-95-94-144-92-90-142-88-86-140-84-82-138-80-78-136-76-74-134-72-70-132-68-66-130-64-62-128-60-58-126-56-54-124-52-50-122-48-46-120-44-42-118-40-38-116-36-34-114-32-30-112-28-26-110-23-20-100(107)103-21-24-109-5/h97H,6-96H2,1-5H3,(H,103,107)(H,104,106)/t97-/m1/s1. The summed E-state index contributed by atoms with van der Waals surface area (Å²) in [5.41, 5.74) is -0.679. The van der Waals surface area contributed by atoms with Crippen molar-refractivity contribution < 1.29 is 199 Å². The number of unbranched alkanes of at least 4 members (excludes halogenated alkanes) is 10. The van der Waals surface area contributed by atoms with Gasteiger partial charge in [-0.05, 0) is 33.6 Å². The molecular weight excluding hydrogens is 1930 g/mol. The van der Waals surface area contributed by atoms with Crippen molar-refractivity contribution in [1.82, 2.24) is 10.6 Å². The molecule has 0 unspecified atom stereocenters. The topological polar surface area (TPSA) is 443 Å². The third kappa shape index (κ3) is 127. The zero-order chi connectivity index (χ0) is 105. The molecule has 0 bridgehead atoms. The summed E-state index contributed by atoms with van der Waals surface area (Å²) in [6, 6.07) is 0. The number of hydrogen-bond donors (Lipinski definition) is 2. The Morgan fingerprint density at radius 2 is 0.349 bits per heavy atom. The van der Waals surface area contributed by atoms with Gasteiger partial charge < -0.3 is 191 Å². The van der Waals surface area contributed by atoms with Crippen LogP contribution in [0.1, 0.15) is 130 Å². The van der Waals surface area contributed by atoms with Gasteiger partial charge in [-0.25, -0.2) is 0 Å². The number of ketones is 1. The van der Waals surface area contributed by atoms with Crippen LogP contribution >= 0.6 is 0 Å². The molecule has 1 atom stereocenters. The molecule has 0 rings (SSSR count). The van der Waals surface area contributed by atoms with E-state index in [0.29, 0.717) is 508 Å². The highest BCUT2D eigenvalue weighted by Gasteiger charge is 2.28. The fourth-order valence-electron chi connectivity index (χ4n) is 12.1.